The van der Waals surface area contributed by atoms with Gasteiger partial charge in [-0.2, -0.15) is 0 Å². The summed E-state index contributed by atoms with van der Waals surface area (Å²) in [5.41, 5.74) is 0. The van der Waals surface area contributed by atoms with E-state index in [-0.39, 0.29) is 38.6 Å². The largest absolute Gasteiger partial charge is 0.477 e. The lowest BCUT2D eigenvalue weighted by Gasteiger charge is -2.25. The van der Waals surface area contributed by atoms with Crippen molar-refractivity contribution in [3.8, 4) is 0 Å². The Labute approximate surface area is 484 Å². The number of carboxylic acids is 1. The molecule has 0 bridgehead atoms. The summed E-state index contributed by atoms with van der Waals surface area (Å²) in [5, 5.41) is 9.73. The van der Waals surface area contributed by atoms with Gasteiger partial charge in [-0.3, -0.25) is 9.59 Å². The van der Waals surface area contributed by atoms with Crippen LogP contribution in [-0.4, -0.2) is 87.4 Å². The number of nitrogens with zero attached hydrogens (tertiary/aromatic N) is 1. The van der Waals surface area contributed by atoms with Gasteiger partial charge in [-0.15, -0.1) is 0 Å². The van der Waals surface area contributed by atoms with Crippen LogP contribution in [0, 0.1) is 0 Å². The molecule has 0 radical (unpaired) electrons. The van der Waals surface area contributed by atoms with E-state index in [2.05, 4.69) is 148 Å². The molecular formula is C70H116NO8+. The molecule has 0 fully saturated rings. The quantitative estimate of drug-likeness (QED) is 0.0211. The lowest BCUT2D eigenvalue weighted by molar-refractivity contribution is -0.870. The van der Waals surface area contributed by atoms with Crippen molar-refractivity contribution in [1.29, 1.82) is 0 Å². The summed E-state index contributed by atoms with van der Waals surface area (Å²) in [4.78, 5) is 37.5. The Kier molecular flexibility index (Phi) is 56.1. The molecule has 0 rings (SSSR count). The van der Waals surface area contributed by atoms with E-state index in [0.717, 1.165) is 128 Å². The molecule has 0 aliphatic rings. The molecule has 0 saturated carbocycles. The average Bonchev–Trinajstić information content (AvgIpc) is 3.42. The molecule has 0 heterocycles. The number of esters is 2. The maximum absolute atomic E-state index is 12.9. The highest BCUT2D eigenvalue weighted by molar-refractivity contribution is 5.71. The lowest BCUT2D eigenvalue weighted by Crippen LogP contribution is -2.40. The van der Waals surface area contributed by atoms with Crippen LogP contribution in [0.3, 0.4) is 0 Å². The number of likely N-dealkylation sites (N-methyl/N-ethyl adjacent to an activating group) is 1. The summed E-state index contributed by atoms with van der Waals surface area (Å²) in [7, 11) is 5.96. The van der Waals surface area contributed by atoms with Crippen molar-refractivity contribution in [1.82, 2.24) is 0 Å². The SMILES string of the molecule is CC/C=C\C/C=C\C/C=C\C/C=C\C/C=C\C/C=C\CCCCCCCCCCCCC(=O)OC(COC(=O)CCCCCCCCCCC/C=C\C/C=C\C/C=C\C/C=C\C/C=C\CC)COC(OCC[N+](C)(C)C)C(=O)O. The minimum Gasteiger partial charge on any atom is -0.477 e. The fourth-order valence-corrected chi connectivity index (χ4v) is 8.16. The summed E-state index contributed by atoms with van der Waals surface area (Å²) in [6.45, 7) is 4.63. The van der Waals surface area contributed by atoms with Crippen molar-refractivity contribution in [3.63, 3.8) is 0 Å². The molecule has 2 atom stereocenters. The molecule has 0 aromatic heterocycles. The Balaban J connectivity index is 4.26. The van der Waals surface area contributed by atoms with Gasteiger partial charge in [-0.1, -0.05) is 244 Å². The molecule has 9 heteroatoms. The fourth-order valence-electron chi connectivity index (χ4n) is 8.16. The van der Waals surface area contributed by atoms with E-state index in [1.54, 1.807) is 0 Å². The minimum atomic E-state index is -1.52. The van der Waals surface area contributed by atoms with Gasteiger partial charge in [-0.05, 0) is 109 Å². The number of hydrogen-bond acceptors (Lipinski definition) is 7. The number of unbranched alkanes of at least 4 members (excludes halogenated alkanes) is 19. The molecule has 79 heavy (non-hydrogen) atoms. The molecule has 0 aromatic rings. The Hall–Kier alpha value is -4.57. The van der Waals surface area contributed by atoms with Gasteiger partial charge in [0.05, 0.1) is 34.4 Å². The first kappa shape index (κ1) is 74.4. The predicted molar refractivity (Wildman–Crippen MR) is 336 cm³/mol. The van der Waals surface area contributed by atoms with E-state index in [4.69, 9.17) is 18.9 Å². The maximum Gasteiger partial charge on any atom is 0.361 e. The van der Waals surface area contributed by atoms with E-state index in [1.165, 1.54) is 70.6 Å². The number of aliphatic carboxylic acids is 1. The normalized spacial score (nSPS) is 13.7. The second-order valence-corrected chi connectivity index (χ2v) is 21.6. The van der Waals surface area contributed by atoms with Crippen LogP contribution in [-0.2, 0) is 33.3 Å². The van der Waals surface area contributed by atoms with Crippen LogP contribution in [0.25, 0.3) is 0 Å². The number of carbonyl (C=O) groups is 3. The van der Waals surface area contributed by atoms with Gasteiger partial charge in [0.1, 0.15) is 13.2 Å². The molecule has 0 amide bonds. The topological polar surface area (TPSA) is 108 Å². The number of allylic oxidation sites excluding steroid dienone is 22. The van der Waals surface area contributed by atoms with Crippen LogP contribution in [0.1, 0.15) is 232 Å². The standard InChI is InChI=1S/C70H115NO8/c1-6-8-10-12-14-16-18-20-22-24-26-28-30-32-33-34-35-37-39-41-43-45-47-49-51-53-55-57-59-61-68(73)79-66(65-78-70(69(74)75)76-63-62-71(3,4)5)64-77-67(72)60-58-56-54-52-50-48-46-44-42-40-38-36-31-29-27-25-23-21-19-17-15-13-11-9-7-2/h8-11,14-17,20-23,26-29,32-33,35-38,66,70H,6-7,12-13,18-19,24-25,30-31,34,39-65H2,1-5H3/p+1/b10-8-,11-9-,16-14-,17-15-,22-20-,23-21-,28-26-,29-27-,33-32-,37-35-,38-36-. The van der Waals surface area contributed by atoms with Crippen molar-refractivity contribution >= 4 is 17.9 Å². The van der Waals surface area contributed by atoms with Crippen molar-refractivity contribution in [2.45, 2.75) is 245 Å². The van der Waals surface area contributed by atoms with Gasteiger partial charge >= 0.3 is 17.9 Å². The molecule has 448 valence electrons. The molecule has 0 aliphatic carbocycles. The highest BCUT2D eigenvalue weighted by Crippen LogP contribution is 2.15. The molecule has 1 N–H and O–H groups in total. The maximum atomic E-state index is 12.9. The summed E-state index contributed by atoms with van der Waals surface area (Å²) < 4.78 is 22.9. The Bertz CT molecular complexity index is 1750. The van der Waals surface area contributed by atoms with Gasteiger partial charge in [0.2, 0.25) is 0 Å². The van der Waals surface area contributed by atoms with Crippen LogP contribution in [0.15, 0.2) is 134 Å². The van der Waals surface area contributed by atoms with Crippen molar-refractivity contribution in [3.05, 3.63) is 134 Å². The van der Waals surface area contributed by atoms with Crippen LogP contribution in [0.5, 0.6) is 0 Å². The van der Waals surface area contributed by atoms with E-state index >= 15 is 0 Å². The predicted octanol–water partition coefficient (Wildman–Crippen LogP) is 19.0. The second-order valence-electron chi connectivity index (χ2n) is 21.6. The fraction of sp³-hybridized carbons (Fsp3) is 0.643. The molecule has 9 nitrogen and oxygen atoms in total. The highest BCUT2D eigenvalue weighted by atomic mass is 16.7. The first-order valence-corrected chi connectivity index (χ1v) is 31.3. The summed E-state index contributed by atoms with van der Waals surface area (Å²) in [6.07, 6.45) is 82.4. The van der Waals surface area contributed by atoms with E-state index < -0.39 is 24.3 Å². The zero-order valence-electron chi connectivity index (χ0n) is 51.0. The molecular weight excluding hydrogens is 983 g/mol. The first-order chi connectivity index (χ1) is 38.6. The zero-order valence-corrected chi connectivity index (χ0v) is 51.0. The smallest absolute Gasteiger partial charge is 0.361 e. The number of ether oxygens (including phenoxy) is 4. The average molecular weight is 1100 g/mol. The van der Waals surface area contributed by atoms with Gasteiger partial charge < -0.3 is 28.5 Å². The third kappa shape index (κ3) is 60.9. The highest BCUT2D eigenvalue weighted by Gasteiger charge is 2.25. The summed E-state index contributed by atoms with van der Waals surface area (Å²) in [5.74, 6) is -2.03. The number of carbonyl (C=O) groups excluding carboxylic acids is 2. The monoisotopic (exact) mass is 1100 g/mol. The number of carboxylic acid groups (broad SMARTS) is 1. The van der Waals surface area contributed by atoms with E-state index in [0.29, 0.717) is 17.4 Å². The van der Waals surface area contributed by atoms with E-state index in [1.807, 2.05) is 21.1 Å². The van der Waals surface area contributed by atoms with Gasteiger partial charge in [-0.25, -0.2) is 4.79 Å². The number of hydrogen-bond donors (Lipinski definition) is 1. The van der Waals surface area contributed by atoms with Gasteiger partial charge in [0, 0.05) is 12.8 Å². The second kappa shape index (κ2) is 59.5. The number of rotatable bonds is 56. The first-order valence-electron chi connectivity index (χ1n) is 31.3. The van der Waals surface area contributed by atoms with Gasteiger partial charge in [0.25, 0.3) is 6.29 Å². The molecule has 0 saturated heterocycles. The summed E-state index contributed by atoms with van der Waals surface area (Å²) >= 11 is 0. The van der Waals surface area contributed by atoms with Crippen LogP contribution >= 0.6 is 0 Å². The van der Waals surface area contributed by atoms with Crippen molar-refractivity contribution in [2.24, 2.45) is 0 Å². The minimum absolute atomic E-state index is 0.179. The van der Waals surface area contributed by atoms with Crippen molar-refractivity contribution < 1.29 is 42.9 Å². The van der Waals surface area contributed by atoms with Crippen LogP contribution < -0.4 is 0 Å². The molecule has 0 spiro atoms. The molecule has 2 unspecified atom stereocenters. The van der Waals surface area contributed by atoms with Crippen molar-refractivity contribution in [2.75, 3.05) is 47.5 Å². The third-order valence-electron chi connectivity index (χ3n) is 12.9. The van der Waals surface area contributed by atoms with Crippen LogP contribution in [0.2, 0.25) is 0 Å². The zero-order chi connectivity index (χ0) is 57.6. The third-order valence-corrected chi connectivity index (χ3v) is 12.9. The Morgan fingerprint density at radius 3 is 1.01 bits per heavy atom. The summed E-state index contributed by atoms with van der Waals surface area (Å²) in [6, 6.07) is 0. The number of quaternary nitrogens is 1. The van der Waals surface area contributed by atoms with E-state index in [9.17, 15) is 19.5 Å². The molecule has 0 aromatic carbocycles. The molecule has 0 aliphatic heterocycles. The Morgan fingerprint density at radius 1 is 0.380 bits per heavy atom. The lowest BCUT2D eigenvalue weighted by atomic mass is 10.0. The van der Waals surface area contributed by atoms with Crippen LogP contribution in [0.4, 0.5) is 0 Å². The van der Waals surface area contributed by atoms with Gasteiger partial charge in [0.15, 0.2) is 6.10 Å². The Morgan fingerprint density at radius 2 is 0.684 bits per heavy atom.